The number of halogens is 1. The average molecular weight is 347 g/mol. The van der Waals surface area contributed by atoms with E-state index in [-0.39, 0.29) is 18.4 Å². The van der Waals surface area contributed by atoms with Crippen molar-refractivity contribution in [2.75, 3.05) is 19.6 Å². The van der Waals surface area contributed by atoms with E-state index >= 15 is 0 Å². The van der Waals surface area contributed by atoms with Crippen LogP contribution in [0, 0.1) is 0 Å². The van der Waals surface area contributed by atoms with Crippen LogP contribution in [0.15, 0.2) is 15.9 Å². The van der Waals surface area contributed by atoms with Gasteiger partial charge in [0.15, 0.2) is 0 Å². The fourth-order valence-corrected chi connectivity index (χ4v) is 3.11. The zero-order valence-electron chi connectivity index (χ0n) is 11.2. The highest BCUT2D eigenvalue weighted by Gasteiger charge is 2.20. The van der Waals surface area contributed by atoms with Crippen LogP contribution in [0.1, 0.15) is 36.4 Å². The molecule has 0 spiro atoms. The normalized spacial score (nSPS) is 10.3. The van der Waals surface area contributed by atoms with Crippen LogP contribution >= 0.6 is 27.3 Å². The van der Waals surface area contributed by atoms with Gasteiger partial charge in [-0.25, -0.2) is 0 Å². The Kier molecular flexibility index (Phi) is 7.09. The first-order chi connectivity index (χ1) is 9.10. The van der Waals surface area contributed by atoms with Crippen LogP contribution in [0.5, 0.6) is 0 Å². The predicted molar refractivity (Wildman–Crippen MR) is 81.5 cm³/mol. The van der Waals surface area contributed by atoms with Gasteiger partial charge in [-0.05, 0) is 40.2 Å². The number of amides is 2. The molecular weight excluding hydrogens is 328 g/mol. The maximum absolute atomic E-state index is 12.4. The number of thiophene rings is 1. The Balaban J connectivity index is 2.69. The summed E-state index contributed by atoms with van der Waals surface area (Å²) in [4.78, 5) is 26.3. The lowest BCUT2D eigenvalue weighted by molar-refractivity contribution is -0.121. The summed E-state index contributed by atoms with van der Waals surface area (Å²) >= 11 is 4.74. The quantitative estimate of drug-likeness (QED) is 0.825. The van der Waals surface area contributed by atoms with Crippen LogP contribution in [-0.4, -0.2) is 36.3 Å². The highest BCUT2D eigenvalue weighted by Crippen LogP contribution is 2.24. The number of nitrogens with one attached hydrogen (secondary N) is 1. The van der Waals surface area contributed by atoms with E-state index in [1.54, 1.807) is 4.90 Å². The van der Waals surface area contributed by atoms with Crippen molar-refractivity contribution in [2.45, 2.75) is 26.7 Å². The molecule has 0 saturated carbocycles. The second-order valence-corrected chi connectivity index (χ2v) is 5.94. The highest BCUT2D eigenvalue weighted by molar-refractivity contribution is 9.10. The molecule has 1 N–H and O–H groups in total. The molecule has 6 heteroatoms. The standard InChI is InChI=1S/C13H19BrN2O2S/c1-3-6-15-11(17)9-16(7-4-2)13(18)12-10(14)5-8-19-12/h5,8H,3-4,6-7,9H2,1-2H3,(H,15,17). The number of carbonyl (C=O) groups excluding carboxylic acids is 2. The molecule has 0 aromatic carbocycles. The van der Waals surface area contributed by atoms with Gasteiger partial charge in [0.25, 0.3) is 5.91 Å². The zero-order valence-corrected chi connectivity index (χ0v) is 13.6. The molecule has 1 aromatic heterocycles. The van der Waals surface area contributed by atoms with Crippen LogP contribution in [0.2, 0.25) is 0 Å². The molecule has 0 bridgehead atoms. The van der Waals surface area contributed by atoms with E-state index < -0.39 is 0 Å². The van der Waals surface area contributed by atoms with Gasteiger partial charge in [-0.15, -0.1) is 11.3 Å². The minimum absolute atomic E-state index is 0.0876. The van der Waals surface area contributed by atoms with Crippen molar-refractivity contribution in [1.29, 1.82) is 0 Å². The van der Waals surface area contributed by atoms with Gasteiger partial charge in [0.05, 0.1) is 6.54 Å². The summed E-state index contributed by atoms with van der Waals surface area (Å²) in [7, 11) is 0. The first kappa shape index (κ1) is 16.2. The zero-order chi connectivity index (χ0) is 14.3. The molecule has 0 fully saturated rings. The van der Waals surface area contributed by atoms with E-state index in [9.17, 15) is 9.59 Å². The Bertz CT molecular complexity index is 434. The maximum Gasteiger partial charge on any atom is 0.265 e. The second-order valence-electron chi connectivity index (χ2n) is 4.17. The number of carbonyl (C=O) groups is 2. The van der Waals surface area contributed by atoms with Gasteiger partial charge >= 0.3 is 0 Å². The molecule has 19 heavy (non-hydrogen) atoms. The third kappa shape index (κ3) is 4.95. The maximum atomic E-state index is 12.4. The van der Waals surface area contributed by atoms with Crippen LogP contribution in [0.25, 0.3) is 0 Å². The van der Waals surface area contributed by atoms with Crippen molar-refractivity contribution in [3.05, 3.63) is 20.8 Å². The van der Waals surface area contributed by atoms with Crippen LogP contribution in [0.3, 0.4) is 0 Å². The lowest BCUT2D eigenvalue weighted by atomic mass is 10.3. The minimum Gasteiger partial charge on any atom is -0.355 e. The van der Waals surface area contributed by atoms with Crippen molar-refractivity contribution in [2.24, 2.45) is 0 Å². The summed E-state index contributed by atoms with van der Waals surface area (Å²) in [6, 6.07) is 1.85. The Morgan fingerprint density at radius 2 is 2.11 bits per heavy atom. The van der Waals surface area contributed by atoms with Crippen molar-refractivity contribution in [3.63, 3.8) is 0 Å². The van der Waals surface area contributed by atoms with Crippen molar-refractivity contribution in [3.8, 4) is 0 Å². The molecule has 1 rings (SSSR count). The lowest BCUT2D eigenvalue weighted by Gasteiger charge is -2.21. The fraction of sp³-hybridized carbons (Fsp3) is 0.538. The molecule has 0 radical (unpaired) electrons. The number of hydrogen-bond acceptors (Lipinski definition) is 3. The third-order valence-electron chi connectivity index (χ3n) is 2.50. The summed E-state index contributed by atoms with van der Waals surface area (Å²) in [6.07, 6.45) is 1.72. The number of hydrogen-bond donors (Lipinski definition) is 1. The molecule has 0 aliphatic carbocycles. The second kappa shape index (κ2) is 8.32. The molecule has 106 valence electrons. The highest BCUT2D eigenvalue weighted by atomic mass is 79.9. The smallest absolute Gasteiger partial charge is 0.265 e. The van der Waals surface area contributed by atoms with Crippen molar-refractivity contribution in [1.82, 2.24) is 10.2 Å². The summed E-state index contributed by atoms with van der Waals surface area (Å²) in [6.45, 7) is 5.35. The molecule has 1 aromatic rings. The molecular formula is C13H19BrN2O2S. The third-order valence-corrected chi connectivity index (χ3v) is 4.32. The first-order valence-corrected chi connectivity index (χ1v) is 8.06. The summed E-state index contributed by atoms with van der Waals surface area (Å²) in [5.41, 5.74) is 0. The minimum atomic E-state index is -0.101. The van der Waals surface area contributed by atoms with Gasteiger partial charge in [-0.3, -0.25) is 9.59 Å². The Morgan fingerprint density at radius 3 is 2.63 bits per heavy atom. The molecule has 0 unspecified atom stereocenters. The molecule has 4 nitrogen and oxygen atoms in total. The summed E-state index contributed by atoms with van der Waals surface area (Å²) in [5, 5.41) is 4.65. The Labute approximate surface area is 126 Å². The van der Waals surface area contributed by atoms with Crippen LogP contribution in [-0.2, 0) is 4.79 Å². The molecule has 0 aliphatic heterocycles. The summed E-state index contributed by atoms with van der Waals surface area (Å²) in [5.74, 6) is -0.188. The van der Waals surface area contributed by atoms with E-state index in [0.29, 0.717) is 18.0 Å². The van der Waals surface area contributed by atoms with E-state index in [1.807, 2.05) is 25.3 Å². The van der Waals surface area contributed by atoms with Crippen molar-refractivity contribution >= 4 is 39.1 Å². The SMILES string of the molecule is CCCNC(=O)CN(CCC)C(=O)c1sccc1Br. The molecule has 0 aliphatic rings. The van der Waals surface area contributed by atoms with E-state index in [1.165, 1.54) is 11.3 Å². The molecule has 0 atom stereocenters. The van der Waals surface area contributed by atoms with Crippen LogP contribution < -0.4 is 5.32 Å². The van der Waals surface area contributed by atoms with Gasteiger partial charge in [-0.1, -0.05) is 13.8 Å². The largest absolute Gasteiger partial charge is 0.355 e. The van der Waals surface area contributed by atoms with E-state index in [2.05, 4.69) is 21.2 Å². The van der Waals surface area contributed by atoms with Gasteiger partial charge in [-0.2, -0.15) is 0 Å². The van der Waals surface area contributed by atoms with Gasteiger partial charge in [0.2, 0.25) is 5.91 Å². The lowest BCUT2D eigenvalue weighted by Crippen LogP contribution is -2.41. The van der Waals surface area contributed by atoms with Gasteiger partial charge in [0.1, 0.15) is 4.88 Å². The van der Waals surface area contributed by atoms with Crippen molar-refractivity contribution < 1.29 is 9.59 Å². The van der Waals surface area contributed by atoms with Gasteiger partial charge in [0, 0.05) is 17.6 Å². The number of nitrogens with zero attached hydrogens (tertiary/aromatic N) is 1. The number of rotatable bonds is 7. The molecule has 1 heterocycles. The predicted octanol–water partition coefficient (Wildman–Crippen LogP) is 2.89. The first-order valence-electron chi connectivity index (χ1n) is 6.39. The van der Waals surface area contributed by atoms with E-state index in [0.717, 1.165) is 17.3 Å². The van der Waals surface area contributed by atoms with Crippen LogP contribution in [0.4, 0.5) is 0 Å². The Morgan fingerprint density at radius 1 is 1.37 bits per heavy atom. The monoisotopic (exact) mass is 346 g/mol. The average Bonchev–Trinajstić information content (AvgIpc) is 2.81. The molecule has 2 amide bonds. The summed E-state index contributed by atoms with van der Waals surface area (Å²) < 4.78 is 0.789. The Hall–Kier alpha value is -0.880. The van der Waals surface area contributed by atoms with Gasteiger partial charge < -0.3 is 10.2 Å². The fourth-order valence-electron chi connectivity index (χ4n) is 1.61. The molecule has 0 saturated heterocycles. The van der Waals surface area contributed by atoms with E-state index in [4.69, 9.17) is 0 Å². The topological polar surface area (TPSA) is 49.4 Å².